The van der Waals surface area contributed by atoms with Crippen molar-refractivity contribution < 1.29 is 14.3 Å². The maximum atomic E-state index is 12.9. The highest BCUT2D eigenvalue weighted by molar-refractivity contribution is 5.90. The number of likely N-dealkylation sites (tertiary alicyclic amines) is 1. The highest BCUT2D eigenvalue weighted by atomic mass is 16.5. The van der Waals surface area contributed by atoms with Crippen molar-refractivity contribution in [1.29, 1.82) is 0 Å². The van der Waals surface area contributed by atoms with Crippen molar-refractivity contribution in [3.05, 3.63) is 67.1 Å². The Balaban J connectivity index is 1.24. The van der Waals surface area contributed by atoms with Crippen LogP contribution >= 0.6 is 0 Å². The van der Waals surface area contributed by atoms with Crippen molar-refractivity contribution in [1.82, 2.24) is 24.8 Å². The number of hydrogen-bond acceptors (Lipinski definition) is 7. The van der Waals surface area contributed by atoms with Gasteiger partial charge in [0, 0.05) is 54.1 Å². The van der Waals surface area contributed by atoms with Gasteiger partial charge in [0.2, 0.25) is 0 Å². The third kappa shape index (κ3) is 4.70. The summed E-state index contributed by atoms with van der Waals surface area (Å²) in [5.41, 5.74) is 4.48. The van der Waals surface area contributed by atoms with E-state index in [0.717, 1.165) is 46.3 Å². The minimum absolute atomic E-state index is 0.0989. The second kappa shape index (κ2) is 9.92. The van der Waals surface area contributed by atoms with Gasteiger partial charge >= 0.3 is 6.03 Å². The number of benzene rings is 2. The molecule has 0 bridgehead atoms. The lowest BCUT2D eigenvalue weighted by molar-refractivity contribution is 0.194. The van der Waals surface area contributed by atoms with Crippen LogP contribution in [0.4, 0.5) is 10.5 Å². The number of methoxy groups -OCH3 is 2. The normalized spacial score (nSPS) is 14.1. The zero-order chi connectivity index (χ0) is 24.2. The van der Waals surface area contributed by atoms with Crippen molar-refractivity contribution in [3.8, 4) is 22.6 Å². The van der Waals surface area contributed by atoms with Crippen LogP contribution in [0.5, 0.6) is 11.5 Å². The van der Waals surface area contributed by atoms with E-state index < -0.39 is 0 Å². The summed E-state index contributed by atoms with van der Waals surface area (Å²) >= 11 is 0. The summed E-state index contributed by atoms with van der Waals surface area (Å²) in [7, 11) is 3.23. The van der Waals surface area contributed by atoms with Crippen LogP contribution < -0.4 is 14.8 Å². The van der Waals surface area contributed by atoms with E-state index in [0.29, 0.717) is 24.6 Å². The van der Waals surface area contributed by atoms with Gasteiger partial charge in [0.15, 0.2) is 11.5 Å². The summed E-state index contributed by atoms with van der Waals surface area (Å²) in [6.07, 6.45) is 8.26. The van der Waals surface area contributed by atoms with E-state index in [4.69, 9.17) is 9.47 Å². The monoisotopic (exact) mass is 470 g/mol. The molecule has 1 aliphatic heterocycles. The Labute approximate surface area is 203 Å². The third-order valence-corrected chi connectivity index (χ3v) is 6.37. The molecule has 0 atom stereocenters. The highest BCUT2D eigenvalue weighted by Crippen LogP contribution is 2.36. The fraction of sp³-hybridized carbons (Fsp3) is 0.269. The number of nitrogens with one attached hydrogen (secondary N) is 1. The molecule has 0 saturated carbocycles. The van der Waals surface area contributed by atoms with Gasteiger partial charge < -0.3 is 19.7 Å². The van der Waals surface area contributed by atoms with Crippen LogP contribution in [0.2, 0.25) is 0 Å². The number of fused-ring (bicyclic) bond motifs is 1. The zero-order valence-electron chi connectivity index (χ0n) is 19.6. The summed E-state index contributed by atoms with van der Waals surface area (Å²) in [5, 5.41) is 3.96. The van der Waals surface area contributed by atoms with E-state index in [1.54, 1.807) is 32.9 Å². The molecule has 2 aromatic carbocycles. The number of hydrogen-bond donors (Lipinski definition) is 1. The average molecular weight is 471 g/mol. The fourth-order valence-corrected chi connectivity index (χ4v) is 4.48. The number of piperidine rings is 1. The molecule has 0 aliphatic carbocycles. The van der Waals surface area contributed by atoms with Crippen LogP contribution in [-0.4, -0.2) is 58.2 Å². The second-order valence-corrected chi connectivity index (χ2v) is 8.38. The number of carbonyl (C=O) groups is 1. The topological polar surface area (TPSA) is 102 Å². The number of urea groups is 1. The van der Waals surface area contributed by atoms with Gasteiger partial charge in [-0.25, -0.2) is 24.7 Å². The van der Waals surface area contributed by atoms with Crippen LogP contribution in [-0.2, 0) is 0 Å². The quantitative estimate of drug-likeness (QED) is 0.458. The molecule has 9 heteroatoms. The lowest BCUT2D eigenvalue weighted by Gasteiger charge is -2.32. The molecular formula is C26H26N6O3. The van der Waals surface area contributed by atoms with E-state index in [9.17, 15) is 4.79 Å². The van der Waals surface area contributed by atoms with E-state index in [2.05, 4.69) is 25.3 Å². The smallest absolute Gasteiger partial charge is 0.321 e. The first-order valence-corrected chi connectivity index (χ1v) is 11.4. The van der Waals surface area contributed by atoms with Gasteiger partial charge in [0.1, 0.15) is 12.7 Å². The predicted molar refractivity (Wildman–Crippen MR) is 133 cm³/mol. The molecule has 1 fully saturated rings. The SMILES string of the molecule is COc1cc2ncnc(C3CCN(C(=O)Nc4ccc(-c5cncnc5)cc4)CC3)c2cc1OC. The van der Waals surface area contributed by atoms with Gasteiger partial charge in [0.25, 0.3) is 0 Å². The average Bonchev–Trinajstić information content (AvgIpc) is 2.93. The summed E-state index contributed by atoms with van der Waals surface area (Å²) < 4.78 is 10.9. The van der Waals surface area contributed by atoms with Crippen LogP contribution in [0.15, 0.2) is 61.4 Å². The number of nitrogens with zero attached hydrogens (tertiary/aromatic N) is 5. The molecule has 0 radical (unpaired) electrons. The van der Waals surface area contributed by atoms with E-state index >= 15 is 0 Å². The molecule has 0 spiro atoms. The number of carbonyl (C=O) groups excluding carboxylic acids is 1. The molecule has 2 amide bonds. The molecule has 1 aliphatic rings. The van der Waals surface area contributed by atoms with Crippen LogP contribution in [0.3, 0.4) is 0 Å². The molecule has 5 rings (SSSR count). The summed E-state index contributed by atoms with van der Waals surface area (Å²) in [6.45, 7) is 1.30. The van der Waals surface area contributed by atoms with E-state index in [1.165, 1.54) is 6.33 Å². The number of rotatable bonds is 5. The lowest BCUT2D eigenvalue weighted by Crippen LogP contribution is -2.40. The Hall–Kier alpha value is -4.27. The first kappa shape index (κ1) is 22.5. The predicted octanol–water partition coefficient (Wildman–Crippen LogP) is 4.52. The molecule has 178 valence electrons. The molecule has 4 aromatic rings. The van der Waals surface area contributed by atoms with Gasteiger partial charge in [-0.2, -0.15) is 0 Å². The molecular weight excluding hydrogens is 444 g/mol. The maximum absolute atomic E-state index is 12.9. The van der Waals surface area contributed by atoms with Crippen molar-refractivity contribution in [2.45, 2.75) is 18.8 Å². The van der Waals surface area contributed by atoms with E-state index in [1.807, 2.05) is 41.3 Å². The minimum atomic E-state index is -0.0989. The van der Waals surface area contributed by atoms with Gasteiger partial charge in [-0.1, -0.05) is 12.1 Å². The van der Waals surface area contributed by atoms with Crippen molar-refractivity contribution >= 4 is 22.6 Å². The summed E-state index contributed by atoms with van der Waals surface area (Å²) in [4.78, 5) is 31.8. The third-order valence-electron chi connectivity index (χ3n) is 6.37. The number of ether oxygens (including phenoxy) is 2. The van der Waals surface area contributed by atoms with Crippen LogP contribution in [0.1, 0.15) is 24.5 Å². The lowest BCUT2D eigenvalue weighted by atomic mass is 9.91. The molecule has 3 heterocycles. The Morgan fingerprint density at radius 2 is 1.60 bits per heavy atom. The first-order valence-electron chi connectivity index (χ1n) is 11.4. The molecule has 1 N–H and O–H groups in total. The summed E-state index contributed by atoms with van der Waals surface area (Å²) in [5.74, 6) is 1.52. The largest absolute Gasteiger partial charge is 0.493 e. The van der Waals surface area contributed by atoms with Gasteiger partial charge in [0.05, 0.1) is 25.4 Å². The van der Waals surface area contributed by atoms with Gasteiger partial charge in [-0.3, -0.25) is 0 Å². The maximum Gasteiger partial charge on any atom is 0.321 e. The highest BCUT2D eigenvalue weighted by Gasteiger charge is 2.26. The first-order chi connectivity index (χ1) is 17.2. The van der Waals surface area contributed by atoms with Gasteiger partial charge in [-0.05, 0) is 36.6 Å². The van der Waals surface area contributed by atoms with Crippen molar-refractivity contribution in [2.75, 3.05) is 32.6 Å². The molecule has 35 heavy (non-hydrogen) atoms. The zero-order valence-corrected chi connectivity index (χ0v) is 19.6. The van der Waals surface area contributed by atoms with Crippen molar-refractivity contribution in [3.63, 3.8) is 0 Å². The number of anilines is 1. The Kier molecular flexibility index (Phi) is 6.38. The number of amides is 2. The Bertz CT molecular complexity index is 1320. The second-order valence-electron chi connectivity index (χ2n) is 8.38. The summed E-state index contributed by atoms with van der Waals surface area (Å²) in [6, 6.07) is 11.4. The molecule has 1 saturated heterocycles. The number of aromatic nitrogens is 4. The van der Waals surface area contributed by atoms with E-state index in [-0.39, 0.29) is 11.9 Å². The molecule has 0 unspecified atom stereocenters. The fourth-order valence-electron chi connectivity index (χ4n) is 4.48. The Morgan fingerprint density at radius 3 is 2.29 bits per heavy atom. The van der Waals surface area contributed by atoms with Crippen LogP contribution in [0, 0.1) is 0 Å². The van der Waals surface area contributed by atoms with Crippen LogP contribution in [0.25, 0.3) is 22.0 Å². The minimum Gasteiger partial charge on any atom is -0.493 e. The standard InChI is InChI=1S/C26H26N6O3/c1-34-23-11-21-22(12-24(23)35-2)29-16-30-25(21)18-7-9-32(10-8-18)26(33)31-20-5-3-17(4-6-20)19-13-27-15-28-14-19/h3-6,11-16,18H,7-10H2,1-2H3,(H,31,33). The van der Waals surface area contributed by atoms with Gasteiger partial charge in [-0.15, -0.1) is 0 Å². The Morgan fingerprint density at radius 1 is 0.914 bits per heavy atom. The molecule has 2 aromatic heterocycles. The van der Waals surface area contributed by atoms with Crippen molar-refractivity contribution in [2.24, 2.45) is 0 Å². The molecule has 9 nitrogen and oxygen atoms in total.